The van der Waals surface area contributed by atoms with Crippen LogP contribution in [0.4, 0.5) is 13.2 Å². The van der Waals surface area contributed by atoms with Gasteiger partial charge in [0.15, 0.2) is 9.84 Å². The maximum atomic E-state index is 13.8. The fraction of sp³-hybridized carbons (Fsp3) is 0.176. The molecule has 1 unspecified atom stereocenters. The van der Waals surface area contributed by atoms with Gasteiger partial charge in [-0.1, -0.05) is 53.0 Å². The van der Waals surface area contributed by atoms with Gasteiger partial charge in [-0.15, -0.1) is 0 Å². The van der Waals surface area contributed by atoms with E-state index in [1.807, 2.05) is 19.1 Å². The van der Waals surface area contributed by atoms with Crippen molar-refractivity contribution in [2.45, 2.75) is 40.8 Å². The molecule has 0 heterocycles. The number of allylic oxidation sites excluding steroid dienone is 3. The highest BCUT2D eigenvalue weighted by atomic mass is 32.2. The first-order valence-corrected chi connectivity index (χ1v) is 17.7. The number of fused-ring (bicyclic) bond motifs is 2. The first-order valence-electron chi connectivity index (χ1n) is 13.8. The van der Waals surface area contributed by atoms with Gasteiger partial charge in [-0.25, -0.2) is 8.42 Å². The summed E-state index contributed by atoms with van der Waals surface area (Å²) in [6.45, 7) is 17.3. The van der Waals surface area contributed by atoms with Crippen LogP contribution < -0.4 is 10.4 Å². The van der Waals surface area contributed by atoms with Crippen LogP contribution in [0, 0.1) is 42.7 Å². The quantitative estimate of drug-likeness (QED) is 0.148. The number of benzene rings is 3. The Morgan fingerprint density at radius 1 is 0.938 bits per heavy atom. The van der Waals surface area contributed by atoms with Crippen molar-refractivity contribution in [3.8, 4) is 12.1 Å². The molecule has 2 aliphatic rings. The Balaban J connectivity index is 2.09. The van der Waals surface area contributed by atoms with E-state index in [0.29, 0.717) is 5.56 Å². The summed E-state index contributed by atoms with van der Waals surface area (Å²) in [5.74, 6) is -0.962. The summed E-state index contributed by atoms with van der Waals surface area (Å²) in [4.78, 5) is 6.43. The fourth-order valence-corrected chi connectivity index (χ4v) is 8.55. The average Bonchev–Trinajstić information content (AvgIpc) is 3.57. The largest absolute Gasteiger partial charge is 0.772 e. The molecule has 0 saturated carbocycles. The first kappa shape index (κ1) is 34.4. The molecule has 14 heteroatoms. The van der Waals surface area contributed by atoms with E-state index in [0.717, 1.165) is 11.8 Å². The zero-order valence-electron chi connectivity index (χ0n) is 25.0. The zero-order valence-corrected chi connectivity index (χ0v) is 27.5. The molecule has 0 bridgehead atoms. The minimum atomic E-state index is -4.57. The molecular formula is C34H20F3N4O4S3-. The third kappa shape index (κ3) is 6.32. The molecule has 0 spiro atoms. The van der Waals surface area contributed by atoms with Crippen LogP contribution in [0.1, 0.15) is 33.4 Å². The van der Waals surface area contributed by atoms with Gasteiger partial charge in [-0.05, 0) is 87.0 Å². The number of alkyl halides is 3. The second-order valence-electron chi connectivity index (χ2n) is 10.9. The van der Waals surface area contributed by atoms with Gasteiger partial charge in [0.05, 0.1) is 10.5 Å². The molecule has 48 heavy (non-hydrogen) atoms. The molecule has 2 aliphatic carbocycles. The van der Waals surface area contributed by atoms with Crippen molar-refractivity contribution in [1.29, 1.82) is 10.5 Å². The van der Waals surface area contributed by atoms with E-state index in [2.05, 4.69) is 9.69 Å². The third-order valence-corrected chi connectivity index (χ3v) is 10.4. The lowest BCUT2D eigenvalue weighted by molar-refractivity contribution is -0.0328. The first-order chi connectivity index (χ1) is 22.6. The van der Waals surface area contributed by atoms with Gasteiger partial charge in [-0.3, -0.25) is 4.21 Å². The van der Waals surface area contributed by atoms with E-state index in [-0.39, 0.29) is 101 Å². The molecule has 0 aliphatic heterocycles. The van der Waals surface area contributed by atoms with Crippen molar-refractivity contribution in [1.82, 2.24) is 0 Å². The number of sulfone groups is 1. The maximum Gasteiger partial charge on any atom is 0.523 e. The third-order valence-electron chi connectivity index (χ3n) is 7.94. The Labute approximate surface area is 280 Å². The molecule has 1 atom stereocenters. The lowest BCUT2D eigenvalue weighted by Gasteiger charge is -2.16. The van der Waals surface area contributed by atoms with Crippen molar-refractivity contribution in [3.63, 3.8) is 0 Å². The molecule has 0 fully saturated rings. The van der Waals surface area contributed by atoms with Crippen molar-refractivity contribution < 1.29 is 30.4 Å². The predicted octanol–water partition coefficient (Wildman–Crippen LogP) is 5.29. The highest BCUT2D eigenvalue weighted by Crippen LogP contribution is 2.41. The second-order valence-corrected chi connectivity index (χ2v) is 14.9. The molecule has 0 amide bonds. The number of halogens is 3. The Bertz CT molecular complexity index is 2390. The monoisotopic (exact) mass is 701 g/mol. The van der Waals surface area contributed by atoms with Gasteiger partial charge in [0.25, 0.3) is 0 Å². The molecule has 0 N–H and O–H groups in total. The lowest BCUT2D eigenvalue weighted by atomic mass is 9.94. The summed E-state index contributed by atoms with van der Waals surface area (Å²) < 4.78 is 91.8. The highest BCUT2D eigenvalue weighted by molar-refractivity contribution is 8.00. The minimum Gasteiger partial charge on any atom is -0.772 e. The number of hydrogen-bond donors (Lipinski definition) is 0. The number of rotatable bonds is 6. The van der Waals surface area contributed by atoms with E-state index >= 15 is 0 Å². The van der Waals surface area contributed by atoms with Gasteiger partial charge < -0.3 is 4.55 Å². The number of nitrogens with zero attached hydrogens (tertiary/aromatic N) is 4. The topological polar surface area (TPSA) is 131 Å². The maximum absolute atomic E-state index is 13.8. The summed E-state index contributed by atoms with van der Waals surface area (Å²) in [6, 6.07) is 15.6. The summed E-state index contributed by atoms with van der Waals surface area (Å²) >= 11 is -3.11. The smallest absolute Gasteiger partial charge is 0.523 e. The average molecular weight is 702 g/mol. The molecule has 8 nitrogen and oxygen atoms in total. The lowest BCUT2D eigenvalue weighted by Crippen LogP contribution is -2.31. The minimum absolute atomic E-state index is 0.0911. The second kappa shape index (κ2) is 12.9. The van der Waals surface area contributed by atoms with Crippen LogP contribution in [0.3, 0.4) is 0 Å². The summed E-state index contributed by atoms with van der Waals surface area (Å²) in [5, 5.41) is 20.1. The van der Waals surface area contributed by atoms with Crippen LogP contribution in [0.15, 0.2) is 80.9 Å². The number of nitriles is 2. The van der Waals surface area contributed by atoms with Crippen LogP contribution in [0.25, 0.3) is 20.8 Å². The van der Waals surface area contributed by atoms with Crippen LogP contribution in [0.2, 0.25) is 0 Å². The van der Waals surface area contributed by atoms with E-state index in [1.165, 1.54) is 24.3 Å². The van der Waals surface area contributed by atoms with Crippen LogP contribution in [0.5, 0.6) is 0 Å². The van der Waals surface area contributed by atoms with Gasteiger partial charge in [0.2, 0.25) is 0 Å². The Kier molecular flexibility index (Phi) is 9.25. The van der Waals surface area contributed by atoms with Gasteiger partial charge in [-0.2, -0.15) is 33.4 Å². The van der Waals surface area contributed by atoms with Crippen molar-refractivity contribution in [3.05, 3.63) is 138 Å². The molecule has 5 rings (SSSR count). The van der Waals surface area contributed by atoms with E-state index < -0.39 is 32.2 Å². The van der Waals surface area contributed by atoms with E-state index in [1.54, 1.807) is 24.3 Å². The zero-order chi connectivity index (χ0) is 35.1. The molecular weight excluding hydrogens is 682 g/mol. The van der Waals surface area contributed by atoms with E-state index in [4.69, 9.17) is 13.1 Å². The van der Waals surface area contributed by atoms with Crippen LogP contribution in [-0.4, -0.2) is 28.9 Å². The van der Waals surface area contributed by atoms with Crippen LogP contribution >= 0.6 is 11.8 Å². The number of thioether (sulfide) groups is 1. The summed E-state index contributed by atoms with van der Waals surface area (Å²) in [7, 11) is -4.19. The molecule has 3 aromatic rings. The standard InChI is InChI=1S/C34H21F3N4O4S3/c1-18-5-7-19(8-6-18)29-26(33(40-2)41-3)14-24-27(17-47(42)43)30-25(32(31(24)29)48(4,44)45)13-23(21(15-38)16-39)28(30)20-9-11-22(12-10-20)46-34(35,36)37/h5-12H,13-14,17H2,1,4H3,(H,42,43)/p-1. The van der Waals surface area contributed by atoms with Gasteiger partial charge in [0, 0.05) is 28.5 Å². The molecule has 240 valence electrons. The Morgan fingerprint density at radius 2 is 1.46 bits per heavy atom. The molecule has 0 saturated heterocycles. The normalized spacial score (nSPS) is 14.4. The van der Waals surface area contributed by atoms with Gasteiger partial charge >= 0.3 is 11.3 Å². The Hall–Kier alpha value is -4.96. The molecule has 0 aromatic heterocycles. The molecule has 3 aromatic carbocycles. The van der Waals surface area contributed by atoms with Crippen molar-refractivity contribution in [2.75, 3.05) is 6.26 Å². The van der Waals surface area contributed by atoms with Crippen molar-refractivity contribution >= 4 is 43.8 Å². The Morgan fingerprint density at radius 3 is 1.94 bits per heavy atom. The van der Waals surface area contributed by atoms with Crippen LogP contribution in [-0.2, 0) is 39.5 Å². The number of hydrogen-bond acceptors (Lipinski definition) is 7. The highest BCUT2D eigenvalue weighted by Gasteiger charge is 2.38. The number of aryl methyl sites for hydroxylation is 1. The molecule has 0 radical (unpaired) electrons. The predicted molar refractivity (Wildman–Crippen MR) is 172 cm³/mol. The van der Waals surface area contributed by atoms with Crippen molar-refractivity contribution in [2.24, 2.45) is 0 Å². The fourth-order valence-electron chi connectivity index (χ4n) is 6.24. The summed E-state index contributed by atoms with van der Waals surface area (Å²) in [5.41, 5.74) is -2.13. The summed E-state index contributed by atoms with van der Waals surface area (Å²) in [6.07, 6.45) is 0.512. The van der Waals surface area contributed by atoms with E-state index in [9.17, 15) is 40.9 Å². The van der Waals surface area contributed by atoms with Gasteiger partial charge in [0.1, 0.15) is 30.9 Å². The SMILES string of the molecule is [C-]#[N+]C([N+]#[C-])=C1Cc2c(CS(=O)[O-])c3c(c(S(C)(=O)=O)c2=C1c1ccc(C)cc1)CC(=C(C#N)C#N)C=3c1ccc(SC(F)(F)F)cc1.